The van der Waals surface area contributed by atoms with E-state index in [-0.39, 0.29) is 22.9 Å². The van der Waals surface area contributed by atoms with E-state index in [2.05, 4.69) is 26.5 Å². The number of nitrogens with zero attached hydrogens (tertiary/aromatic N) is 4. The van der Waals surface area contributed by atoms with E-state index in [1.807, 2.05) is 5.10 Å². The van der Waals surface area contributed by atoms with Gasteiger partial charge in [0.2, 0.25) is 6.41 Å². The molecular formula is C17H14F3N7O. The summed E-state index contributed by atoms with van der Waals surface area (Å²) in [4.78, 5) is 18.4. The number of amides is 1. The van der Waals surface area contributed by atoms with E-state index in [1.165, 1.54) is 18.3 Å². The van der Waals surface area contributed by atoms with Crippen LogP contribution in [0.25, 0.3) is 22.0 Å². The van der Waals surface area contributed by atoms with E-state index >= 15 is 0 Å². The number of nitrogens with one attached hydrogen (secondary N) is 2. The summed E-state index contributed by atoms with van der Waals surface area (Å²) in [5, 5.41) is 16.6. The Kier molecular flexibility index (Phi) is 5.12. The van der Waals surface area contributed by atoms with Crippen LogP contribution in [0.1, 0.15) is 18.5 Å². The van der Waals surface area contributed by atoms with Crippen molar-refractivity contribution in [1.82, 2.24) is 20.2 Å². The van der Waals surface area contributed by atoms with Crippen molar-refractivity contribution < 1.29 is 18.0 Å². The second-order valence-corrected chi connectivity index (χ2v) is 6.01. The summed E-state index contributed by atoms with van der Waals surface area (Å²) in [6.07, 6.45) is 0.555. The Hall–Kier alpha value is -3.68. The van der Waals surface area contributed by atoms with Gasteiger partial charge in [0.25, 0.3) is 0 Å². The average molecular weight is 389 g/mol. The fourth-order valence-electron chi connectivity index (χ4n) is 2.36. The summed E-state index contributed by atoms with van der Waals surface area (Å²) >= 11 is 0. The largest absolute Gasteiger partial charge is 0.433 e. The first-order chi connectivity index (χ1) is 13.3. The van der Waals surface area contributed by atoms with Gasteiger partial charge in [-0.05, 0) is 30.4 Å². The highest BCUT2D eigenvalue weighted by molar-refractivity contribution is 5.95. The molecule has 3 aromatic heterocycles. The molecule has 144 valence electrons. The normalized spacial score (nSPS) is 13.4. The van der Waals surface area contributed by atoms with E-state index in [0.29, 0.717) is 23.1 Å². The number of aromatic amines is 1. The van der Waals surface area contributed by atoms with Gasteiger partial charge in [0, 0.05) is 17.5 Å². The van der Waals surface area contributed by atoms with Crippen LogP contribution in [0.5, 0.6) is 0 Å². The van der Waals surface area contributed by atoms with Gasteiger partial charge in [-0.3, -0.25) is 9.89 Å². The van der Waals surface area contributed by atoms with Crippen LogP contribution in [0.15, 0.2) is 24.5 Å². The zero-order chi connectivity index (χ0) is 20.3. The predicted molar refractivity (Wildman–Crippen MR) is 94.6 cm³/mol. The van der Waals surface area contributed by atoms with Crippen LogP contribution in [0.3, 0.4) is 0 Å². The summed E-state index contributed by atoms with van der Waals surface area (Å²) < 4.78 is 38.9. The minimum atomic E-state index is -4.60. The number of hydrogen-bond donors (Lipinski definition) is 3. The molecule has 0 spiro atoms. The zero-order valence-electron chi connectivity index (χ0n) is 14.3. The maximum Gasteiger partial charge on any atom is 0.433 e. The molecule has 1 saturated carbocycles. The topological polar surface area (TPSA) is 133 Å². The van der Waals surface area contributed by atoms with Crippen LogP contribution in [0, 0.1) is 17.2 Å². The molecule has 1 aliphatic carbocycles. The van der Waals surface area contributed by atoms with Crippen molar-refractivity contribution >= 4 is 28.8 Å². The molecule has 0 radical (unpaired) electrons. The second kappa shape index (κ2) is 7.51. The lowest BCUT2D eigenvalue weighted by Gasteiger charge is -2.09. The molecule has 4 N–H and O–H groups in total. The van der Waals surface area contributed by atoms with E-state index < -0.39 is 11.9 Å². The third-order valence-corrected chi connectivity index (χ3v) is 3.91. The highest BCUT2D eigenvalue weighted by Crippen LogP contribution is 2.36. The Morgan fingerprint density at radius 2 is 2.07 bits per heavy atom. The first-order valence-corrected chi connectivity index (χ1v) is 8.10. The number of nitrogens with two attached hydrogens (primary N) is 1. The van der Waals surface area contributed by atoms with E-state index in [4.69, 9.17) is 11.0 Å². The van der Waals surface area contributed by atoms with Gasteiger partial charge in [0.1, 0.15) is 17.3 Å². The van der Waals surface area contributed by atoms with Crippen LogP contribution < -0.4 is 11.1 Å². The van der Waals surface area contributed by atoms with Crippen molar-refractivity contribution in [3.63, 3.8) is 0 Å². The fourth-order valence-corrected chi connectivity index (χ4v) is 2.36. The van der Waals surface area contributed by atoms with Crippen LogP contribution in [0.2, 0.25) is 0 Å². The molecule has 1 fully saturated rings. The van der Waals surface area contributed by atoms with Crippen LogP contribution in [-0.2, 0) is 11.0 Å². The molecule has 0 aromatic carbocycles. The van der Waals surface area contributed by atoms with Gasteiger partial charge in [-0.15, -0.1) is 0 Å². The molecule has 8 nitrogen and oxygen atoms in total. The Morgan fingerprint density at radius 1 is 1.32 bits per heavy atom. The van der Waals surface area contributed by atoms with Gasteiger partial charge >= 0.3 is 6.18 Å². The number of anilines is 2. The first kappa shape index (κ1) is 19.1. The Balaban J connectivity index is 0.000000391. The van der Waals surface area contributed by atoms with E-state index in [0.717, 1.165) is 19.0 Å². The minimum Gasteiger partial charge on any atom is -0.383 e. The number of carbonyl (C=O) groups excluding carboxylic acids is 1. The molecule has 0 bridgehead atoms. The molecular weight excluding hydrogens is 375 g/mol. The van der Waals surface area contributed by atoms with Crippen molar-refractivity contribution in [2.75, 3.05) is 11.1 Å². The van der Waals surface area contributed by atoms with Crippen LogP contribution in [-0.4, -0.2) is 26.6 Å². The molecule has 1 aliphatic rings. The number of H-pyrrole nitrogens is 1. The molecule has 28 heavy (non-hydrogen) atoms. The molecule has 11 heteroatoms. The lowest BCUT2D eigenvalue weighted by atomic mass is 10.1. The predicted octanol–water partition coefficient (Wildman–Crippen LogP) is 3.11. The number of nitriles is 1. The summed E-state index contributed by atoms with van der Waals surface area (Å²) in [7, 11) is 0. The molecule has 4 rings (SSSR count). The number of rotatable bonds is 3. The fraction of sp³-hybridized carbons (Fsp3) is 0.235. The lowest BCUT2D eigenvalue weighted by molar-refractivity contribution is -0.140. The maximum atomic E-state index is 13.0. The SMILES string of the molecule is N#CC1CC1.Nc1nc(-c2cn[nH]c2C(F)(F)F)cc2cc(NC=O)ncc12. The summed E-state index contributed by atoms with van der Waals surface area (Å²) in [5.41, 5.74) is 4.58. The highest BCUT2D eigenvalue weighted by atomic mass is 19.4. The van der Waals surface area contributed by atoms with E-state index in [1.54, 1.807) is 0 Å². The Bertz CT molecular complexity index is 1050. The van der Waals surface area contributed by atoms with Crippen molar-refractivity contribution in [2.45, 2.75) is 19.0 Å². The molecule has 1 amide bonds. The number of hydrogen-bond acceptors (Lipinski definition) is 6. The van der Waals surface area contributed by atoms with Gasteiger partial charge in [0.15, 0.2) is 0 Å². The molecule has 3 heterocycles. The van der Waals surface area contributed by atoms with Gasteiger partial charge < -0.3 is 11.1 Å². The quantitative estimate of drug-likeness (QED) is 0.590. The number of alkyl halides is 3. The van der Waals surface area contributed by atoms with Crippen molar-refractivity contribution in [1.29, 1.82) is 5.26 Å². The Morgan fingerprint density at radius 3 is 2.64 bits per heavy atom. The highest BCUT2D eigenvalue weighted by Gasteiger charge is 2.36. The van der Waals surface area contributed by atoms with Crippen molar-refractivity contribution in [3.05, 3.63) is 30.2 Å². The Labute approximate surface area is 156 Å². The third-order valence-electron chi connectivity index (χ3n) is 3.91. The smallest absolute Gasteiger partial charge is 0.383 e. The number of aromatic nitrogens is 4. The van der Waals surface area contributed by atoms with Crippen molar-refractivity contribution in [3.8, 4) is 17.3 Å². The number of halogens is 3. The second-order valence-electron chi connectivity index (χ2n) is 6.01. The summed E-state index contributed by atoms with van der Waals surface area (Å²) in [6, 6.07) is 5.04. The number of fused-ring (bicyclic) bond motifs is 1. The molecule has 0 aliphatic heterocycles. The molecule has 0 unspecified atom stereocenters. The van der Waals surface area contributed by atoms with Gasteiger partial charge in [-0.25, -0.2) is 9.97 Å². The summed E-state index contributed by atoms with van der Waals surface area (Å²) in [5.74, 6) is 0.708. The minimum absolute atomic E-state index is 0.0133. The van der Waals surface area contributed by atoms with Crippen molar-refractivity contribution in [2.24, 2.45) is 5.92 Å². The van der Waals surface area contributed by atoms with Crippen LogP contribution in [0.4, 0.5) is 24.8 Å². The average Bonchev–Trinajstić information content (AvgIpc) is 3.35. The number of pyridine rings is 2. The number of nitrogen functional groups attached to an aromatic ring is 1. The molecule has 0 atom stereocenters. The molecule has 0 saturated heterocycles. The van der Waals surface area contributed by atoms with Crippen LogP contribution >= 0.6 is 0 Å². The monoisotopic (exact) mass is 389 g/mol. The van der Waals surface area contributed by atoms with E-state index in [9.17, 15) is 18.0 Å². The first-order valence-electron chi connectivity index (χ1n) is 8.10. The third kappa shape index (κ3) is 4.17. The van der Waals surface area contributed by atoms with Gasteiger partial charge in [0.05, 0.1) is 23.5 Å². The standard InChI is InChI=1S/C13H9F3N6O.C4H5N/c14-13(15,16)11-8(4-20-22-11)9-1-6-2-10(19-5-23)18-3-7(6)12(17)21-9;5-3-4-1-2-4/h1-5H,(H2,17,21)(H,20,22)(H,18,19,23);4H,1-2H2. The molecule has 3 aromatic rings. The lowest BCUT2D eigenvalue weighted by Crippen LogP contribution is -2.08. The van der Waals surface area contributed by atoms with Gasteiger partial charge in [-0.2, -0.15) is 23.5 Å². The maximum absolute atomic E-state index is 13.0. The summed E-state index contributed by atoms with van der Waals surface area (Å²) in [6.45, 7) is 0. The number of carbonyl (C=O) groups is 1. The van der Waals surface area contributed by atoms with Gasteiger partial charge in [-0.1, -0.05) is 0 Å². The zero-order valence-corrected chi connectivity index (χ0v) is 14.3.